The van der Waals surface area contributed by atoms with Crippen molar-refractivity contribution in [1.82, 2.24) is 0 Å². The van der Waals surface area contributed by atoms with Gasteiger partial charge in [-0.25, -0.2) is 0 Å². The van der Waals surface area contributed by atoms with E-state index in [0.29, 0.717) is 19.3 Å². The summed E-state index contributed by atoms with van der Waals surface area (Å²) in [7, 11) is 0. The molecule has 0 radical (unpaired) electrons. The molecule has 1 atom stereocenters. The molecule has 0 aliphatic heterocycles. The van der Waals surface area contributed by atoms with Gasteiger partial charge in [-0.3, -0.25) is 14.4 Å². The Kier molecular flexibility index (Phi) is 69.1. The number of rotatable bonds is 68. The number of carbonyl (C=O) groups excluding carboxylic acids is 3. The second kappa shape index (κ2) is 71.6. The van der Waals surface area contributed by atoms with E-state index >= 15 is 0 Å². The summed E-state index contributed by atoms with van der Waals surface area (Å²) in [4.78, 5) is 38.5. The van der Waals surface area contributed by atoms with E-state index in [0.717, 1.165) is 96.3 Å². The van der Waals surface area contributed by atoms with E-state index < -0.39 is 6.10 Å². The van der Waals surface area contributed by atoms with Crippen molar-refractivity contribution >= 4 is 17.9 Å². The summed E-state index contributed by atoms with van der Waals surface area (Å²) in [6.45, 7) is 6.58. The van der Waals surface area contributed by atoms with Crippen LogP contribution in [0, 0.1) is 0 Å². The van der Waals surface area contributed by atoms with Gasteiger partial charge in [-0.1, -0.05) is 351 Å². The van der Waals surface area contributed by atoms with Gasteiger partial charge in [0, 0.05) is 19.3 Å². The molecule has 0 amide bonds. The monoisotopic (exact) mass is 1160 g/mol. The minimum Gasteiger partial charge on any atom is -0.462 e. The Morgan fingerprint density at radius 1 is 0.253 bits per heavy atom. The highest BCUT2D eigenvalue weighted by Crippen LogP contribution is 2.19. The molecule has 0 aliphatic rings. The van der Waals surface area contributed by atoms with Crippen LogP contribution in [0.2, 0.25) is 0 Å². The smallest absolute Gasteiger partial charge is 0.306 e. The molecular weight excluding hydrogens is 1020 g/mol. The van der Waals surface area contributed by atoms with Crippen LogP contribution >= 0.6 is 0 Å². The Morgan fingerprint density at radius 3 is 0.747 bits per heavy atom. The Hall–Kier alpha value is -2.89. The van der Waals surface area contributed by atoms with Gasteiger partial charge in [-0.05, 0) is 83.5 Å². The molecular formula is C77H140O6. The molecule has 6 nitrogen and oxygen atoms in total. The maximum absolute atomic E-state index is 12.9. The predicted octanol–water partition coefficient (Wildman–Crippen LogP) is 25.5. The van der Waals surface area contributed by atoms with Crippen LogP contribution in [-0.2, 0) is 28.6 Å². The third kappa shape index (κ3) is 69.8. The Morgan fingerprint density at radius 2 is 0.470 bits per heavy atom. The number of hydrogen-bond acceptors (Lipinski definition) is 6. The van der Waals surface area contributed by atoms with Crippen molar-refractivity contribution in [3.05, 3.63) is 60.8 Å². The van der Waals surface area contributed by atoms with E-state index in [9.17, 15) is 14.4 Å². The third-order valence-corrected chi connectivity index (χ3v) is 16.5. The van der Waals surface area contributed by atoms with E-state index in [1.807, 2.05) is 0 Å². The third-order valence-electron chi connectivity index (χ3n) is 16.5. The molecule has 0 saturated heterocycles. The Balaban J connectivity index is 4.21. The van der Waals surface area contributed by atoms with Crippen molar-refractivity contribution < 1.29 is 28.6 Å². The predicted molar refractivity (Wildman–Crippen MR) is 362 cm³/mol. The van der Waals surface area contributed by atoms with Gasteiger partial charge in [-0.2, -0.15) is 0 Å². The molecule has 0 spiro atoms. The van der Waals surface area contributed by atoms with E-state index in [1.165, 1.54) is 257 Å². The van der Waals surface area contributed by atoms with Crippen LogP contribution in [0.25, 0.3) is 0 Å². The maximum Gasteiger partial charge on any atom is 0.306 e. The highest BCUT2D eigenvalue weighted by molar-refractivity contribution is 5.71. The first-order valence-corrected chi connectivity index (χ1v) is 36.8. The summed E-state index contributed by atoms with van der Waals surface area (Å²) in [5, 5.41) is 0. The average molecular weight is 1160 g/mol. The van der Waals surface area contributed by atoms with Gasteiger partial charge in [0.1, 0.15) is 13.2 Å². The zero-order chi connectivity index (χ0) is 59.9. The number of unbranched alkanes of at least 4 members (excludes halogenated alkanes) is 47. The molecule has 0 saturated carbocycles. The second-order valence-corrected chi connectivity index (χ2v) is 24.8. The van der Waals surface area contributed by atoms with Crippen molar-refractivity contribution in [3.8, 4) is 0 Å². The van der Waals surface area contributed by atoms with Crippen molar-refractivity contribution in [2.75, 3.05) is 13.2 Å². The van der Waals surface area contributed by atoms with Gasteiger partial charge < -0.3 is 14.2 Å². The van der Waals surface area contributed by atoms with Crippen LogP contribution in [0.15, 0.2) is 60.8 Å². The van der Waals surface area contributed by atoms with Gasteiger partial charge in [0.05, 0.1) is 0 Å². The molecule has 0 aliphatic carbocycles. The van der Waals surface area contributed by atoms with Crippen LogP contribution in [0.4, 0.5) is 0 Å². The number of hydrogen-bond donors (Lipinski definition) is 0. The van der Waals surface area contributed by atoms with Crippen LogP contribution in [0.5, 0.6) is 0 Å². The summed E-state index contributed by atoms with van der Waals surface area (Å²) in [5.41, 5.74) is 0. The topological polar surface area (TPSA) is 78.9 Å². The molecule has 0 aromatic carbocycles. The zero-order valence-corrected chi connectivity index (χ0v) is 55.7. The molecule has 0 heterocycles. The summed E-state index contributed by atoms with van der Waals surface area (Å²) >= 11 is 0. The van der Waals surface area contributed by atoms with E-state index in [4.69, 9.17) is 14.2 Å². The highest BCUT2D eigenvalue weighted by atomic mass is 16.6. The molecule has 484 valence electrons. The summed E-state index contributed by atoms with van der Waals surface area (Å²) < 4.78 is 17.0. The normalized spacial score (nSPS) is 12.4. The van der Waals surface area contributed by atoms with Gasteiger partial charge in [0.2, 0.25) is 0 Å². The first-order valence-electron chi connectivity index (χ1n) is 36.8. The molecule has 0 aromatic rings. The lowest BCUT2D eigenvalue weighted by molar-refractivity contribution is -0.167. The molecule has 83 heavy (non-hydrogen) atoms. The highest BCUT2D eigenvalue weighted by Gasteiger charge is 2.19. The molecule has 6 heteroatoms. The van der Waals surface area contributed by atoms with Crippen molar-refractivity contribution in [1.29, 1.82) is 0 Å². The van der Waals surface area contributed by atoms with Gasteiger partial charge in [0.25, 0.3) is 0 Å². The van der Waals surface area contributed by atoms with Crippen LogP contribution in [0.1, 0.15) is 393 Å². The fourth-order valence-corrected chi connectivity index (χ4v) is 11.0. The minimum atomic E-state index is -0.786. The van der Waals surface area contributed by atoms with E-state index in [2.05, 4.69) is 81.5 Å². The van der Waals surface area contributed by atoms with Gasteiger partial charge in [0.15, 0.2) is 6.10 Å². The van der Waals surface area contributed by atoms with Crippen LogP contribution < -0.4 is 0 Å². The summed E-state index contributed by atoms with van der Waals surface area (Å²) in [5.74, 6) is -0.877. The molecule has 1 unspecified atom stereocenters. The summed E-state index contributed by atoms with van der Waals surface area (Å²) in [6, 6.07) is 0. The molecule has 0 rings (SSSR count). The summed E-state index contributed by atoms with van der Waals surface area (Å²) in [6.07, 6.45) is 92.7. The largest absolute Gasteiger partial charge is 0.462 e. The zero-order valence-electron chi connectivity index (χ0n) is 55.7. The fourth-order valence-electron chi connectivity index (χ4n) is 11.0. The Labute approximate surface area is 517 Å². The fraction of sp³-hybridized carbons (Fsp3) is 0.831. The number of ether oxygens (including phenoxy) is 3. The maximum atomic E-state index is 12.9. The number of allylic oxidation sites excluding steroid dienone is 10. The van der Waals surface area contributed by atoms with Crippen molar-refractivity contribution in [2.45, 2.75) is 399 Å². The molecule has 0 bridgehead atoms. The van der Waals surface area contributed by atoms with Crippen molar-refractivity contribution in [3.63, 3.8) is 0 Å². The van der Waals surface area contributed by atoms with Crippen molar-refractivity contribution in [2.24, 2.45) is 0 Å². The lowest BCUT2D eigenvalue weighted by Gasteiger charge is -2.18. The lowest BCUT2D eigenvalue weighted by Crippen LogP contribution is -2.30. The first-order chi connectivity index (χ1) is 41.0. The lowest BCUT2D eigenvalue weighted by atomic mass is 10.0. The average Bonchev–Trinajstić information content (AvgIpc) is 3.50. The van der Waals surface area contributed by atoms with E-state index in [1.54, 1.807) is 0 Å². The number of esters is 3. The first kappa shape index (κ1) is 80.1. The Bertz CT molecular complexity index is 1470. The van der Waals surface area contributed by atoms with Crippen LogP contribution in [-0.4, -0.2) is 37.2 Å². The minimum absolute atomic E-state index is 0.0794. The molecule has 0 aromatic heterocycles. The van der Waals surface area contributed by atoms with Gasteiger partial charge in [-0.15, -0.1) is 0 Å². The van der Waals surface area contributed by atoms with Crippen LogP contribution in [0.3, 0.4) is 0 Å². The quantitative estimate of drug-likeness (QED) is 0.0261. The SMILES string of the molecule is CC/C=C\C/C=C\C/C=C\C/C=C\CCCCCCC(=O)OC(COC(=O)CCCCCCCCCCCCCCCCCCC)COC(=O)CCCCCCCCCCCCCCCCCCCCC/C=C\CCCCCCCCCC. The number of carbonyl (C=O) groups is 3. The van der Waals surface area contributed by atoms with Gasteiger partial charge >= 0.3 is 17.9 Å². The standard InChI is InChI=1S/C77H140O6/c1-4-7-10-13-16-19-22-25-28-31-32-33-34-35-36-37-38-39-40-41-42-43-44-47-49-52-55-58-61-64-67-70-76(79)82-73-74(83-77(80)71-68-65-62-59-56-53-50-46-30-27-24-21-18-15-12-9-6-3)72-81-75(78)69-66-63-60-57-54-51-48-45-29-26-23-20-17-14-11-8-5-2/h9,12,18,21,27,30-32,50,53,74H,4-8,10-11,13-17,19-20,22-26,28-29,33-49,51-52,54-73H2,1-3H3/b12-9-,21-18-,30-27-,32-31-,53-50-. The molecule has 0 fully saturated rings. The van der Waals surface area contributed by atoms with E-state index in [-0.39, 0.29) is 31.1 Å². The molecule has 0 N–H and O–H groups in total. The second-order valence-electron chi connectivity index (χ2n) is 24.8.